The van der Waals surface area contributed by atoms with E-state index in [9.17, 15) is 13.2 Å². The fourth-order valence-electron chi connectivity index (χ4n) is 1.36. The van der Waals surface area contributed by atoms with Gasteiger partial charge in [-0.05, 0) is 37.6 Å². The maximum absolute atomic E-state index is 11.6. The Kier molecular flexibility index (Phi) is 5.42. The van der Waals surface area contributed by atoms with Gasteiger partial charge in [-0.25, -0.2) is 8.42 Å². The molecule has 0 aliphatic heterocycles. The number of carbonyl (C=O) groups excluding carboxylic acids is 1. The van der Waals surface area contributed by atoms with Crippen LogP contribution in [0.5, 0.6) is 0 Å². The quantitative estimate of drug-likeness (QED) is 0.645. The molecule has 0 heterocycles. The summed E-state index contributed by atoms with van der Waals surface area (Å²) in [6.45, 7) is 4.28. The third-order valence-corrected chi connectivity index (χ3v) is 3.72. The van der Waals surface area contributed by atoms with Crippen molar-refractivity contribution in [3.05, 3.63) is 35.9 Å². The van der Waals surface area contributed by atoms with Gasteiger partial charge in [0.2, 0.25) is 5.91 Å². The first-order valence-electron chi connectivity index (χ1n) is 6.06. The molecule has 6 heteroatoms. The fraction of sp³-hybridized carbons (Fsp3) is 0.357. The van der Waals surface area contributed by atoms with Gasteiger partial charge in [-0.15, -0.1) is 0 Å². The zero-order chi connectivity index (χ0) is 15.4. The Balaban J connectivity index is 2.65. The molecule has 0 bridgehead atoms. The predicted octanol–water partition coefficient (Wildman–Crippen LogP) is 1.93. The lowest BCUT2D eigenvalue weighted by Gasteiger charge is -2.16. The van der Waals surface area contributed by atoms with Gasteiger partial charge in [-0.2, -0.15) is 12.6 Å². The molecule has 20 heavy (non-hydrogen) atoms. The Morgan fingerprint density at radius 2 is 1.85 bits per heavy atom. The van der Waals surface area contributed by atoms with Crippen LogP contribution in [0.2, 0.25) is 0 Å². The molecule has 1 aromatic carbocycles. The maximum Gasteiger partial charge on any atom is 0.244 e. The molecule has 0 radical (unpaired) electrons. The molecule has 1 N–H and O–H groups in total. The molecule has 1 amide bonds. The second-order valence-electron chi connectivity index (χ2n) is 5.20. The normalized spacial score (nSPS) is 12.6. The molecule has 0 unspecified atom stereocenters. The number of benzene rings is 1. The minimum absolute atomic E-state index is 0.209. The van der Waals surface area contributed by atoms with Crippen molar-refractivity contribution < 1.29 is 13.2 Å². The zero-order valence-electron chi connectivity index (χ0n) is 11.8. The van der Waals surface area contributed by atoms with E-state index in [2.05, 4.69) is 17.9 Å². The van der Waals surface area contributed by atoms with Gasteiger partial charge in [0.1, 0.15) is 0 Å². The minimum Gasteiger partial charge on any atom is -0.351 e. The number of amides is 1. The van der Waals surface area contributed by atoms with Crippen molar-refractivity contribution in [1.29, 1.82) is 0 Å². The molecular weight excluding hydrogens is 294 g/mol. The van der Waals surface area contributed by atoms with Crippen LogP contribution in [-0.2, 0) is 14.6 Å². The van der Waals surface area contributed by atoms with Gasteiger partial charge in [0.15, 0.2) is 9.84 Å². The number of rotatable bonds is 5. The van der Waals surface area contributed by atoms with Crippen molar-refractivity contribution in [1.82, 2.24) is 5.32 Å². The lowest BCUT2D eigenvalue weighted by Crippen LogP contribution is -2.33. The largest absolute Gasteiger partial charge is 0.351 e. The lowest BCUT2D eigenvalue weighted by molar-refractivity contribution is -0.116. The van der Waals surface area contributed by atoms with Gasteiger partial charge in [0.25, 0.3) is 0 Å². The van der Waals surface area contributed by atoms with E-state index in [4.69, 9.17) is 0 Å². The number of hydrogen-bond acceptors (Lipinski definition) is 4. The van der Waals surface area contributed by atoms with Crippen LogP contribution in [0, 0.1) is 0 Å². The highest BCUT2D eigenvalue weighted by molar-refractivity contribution is 7.90. The standard InChI is InChI=1S/C14H19NO3S2/c1-14(2,19)10-15-13(16)9-6-11-4-7-12(8-5-11)20(3,17)18/h4-9,19H,10H2,1-3H3,(H,15,16). The molecular formula is C14H19NO3S2. The Bertz CT molecular complexity index is 596. The predicted molar refractivity (Wildman–Crippen MR) is 84.7 cm³/mol. The van der Waals surface area contributed by atoms with Crippen LogP contribution in [0.1, 0.15) is 19.4 Å². The van der Waals surface area contributed by atoms with E-state index >= 15 is 0 Å². The van der Waals surface area contributed by atoms with Crippen LogP contribution in [0.25, 0.3) is 6.08 Å². The van der Waals surface area contributed by atoms with Gasteiger partial charge < -0.3 is 5.32 Å². The van der Waals surface area contributed by atoms with E-state index in [-0.39, 0.29) is 15.5 Å². The van der Waals surface area contributed by atoms with Crippen LogP contribution in [0.15, 0.2) is 35.2 Å². The fourth-order valence-corrected chi connectivity index (χ4v) is 2.07. The number of carbonyl (C=O) groups is 1. The van der Waals surface area contributed by atoms with Crippen molar-refractivity contribution in [3.63, 3.8) is 0 Å². The molecule has 110 valence electrons. The van der Waals surface area contributed by atoms with Crippen LogP contribution >= 0.6 is 12.6 Å². The van der Waals surface area contributed by atoms with Gasteiger partial charge in [-0.1, -0.05) is 12.1 Å². The van der Waals surface area contributed by atoms with E-state index in [1.165, 1.54) is 18.2 Å². The molecule has 0 saturated carbocycles. The highest BCUT2D eigenvalue weighted by Gasteiger charge is 2.11. The van der Waals surface area contributed by atoms with Gasteiger partial charge in [-0.3, -0.25) is 4.79 Å². The summed E-state index contributed by atoms with van der Waals surface area (Å²) in [7, 11) is -3.19. The monoisotopic (exact) mass is 313 g/mol. The summed E-state index contributed by atoms with van der Waals surface area (Å²) in [5.74, 6) is -0.209. The summed E-state index contributed by atoms with van der Waals surface area (Å²) in [5.41, 5.74) is 0.762. The number of nitrogens with one attached hydrogen (secondary N) is 1. The van der Waals surface area contributed by atoms with E-state index in [1.807, 2.05) is 13.8 Å². The van der Waals surface area contributed by atoms with Crippen LogP contribution in [-0.4, -0.2) is 31.9 Å². The second-order valence-corrected chi connectivity index (χ2v) is 8.43. The van der Waals surface area contributed by atoms with Crippen molar-refractivity contribution in [3.8, 4) is 0 Å². The Labute approximate surface area is 125 Å². The van der Waals surface area contributed by atoms with E-state index in [0.29, 0.717) is 6.54 Å². The summed E-state index contributed by atoms with van der Waals surface area (Å²) >= 11 is 4.31. The Morgan fingerprint density at radius 1 is 1.30 bits per heavy atom. The molecule has 0 saturated heterocycles. The van der Waals surface area contributed by atoms with Crippen LogP contribution < -0.4 is 5.32 Å². The average Bonchev–Trinajstić information content (AvgIpc) is 2.32. The van der Waals surface area contributed by atoms with E-state index in [0.717, 1.165) is 11.8 Å². The van der Waals surface area contributed by atoms with Crippen LogP contribution in [0.3, 0.4) is 0 Å². The first-order chi connectivity index (χ1) is 9.08. The summed E-state index contributed by atoms with van der Waals surface area (Å²) in [5, 5.41) is 2.73. The second kappa shape index (κ2) is 6.45. The highest BCUT2D eigenvalue weighted by Crippen LogP contribution is 2.11. The van der Waals surface area contributed by atoms with Crippen molar-refractivity contribution in [2.45, 2.75) is 23.5 Å². The summed E-state index contributed by atoms with van der Waals surface area (Å²) < 4.78 is 22.3. The molecule has 0 aliphatic carbocycles. The molecule has 0 aliphatic rings. The van der Waals surface area contributed by atoms with E-state index in [1.54, 1.807) is 18.2 Å². The topological polar surface area (TPSA) is 63.2 Å². The number of hydrogen-bond donors (Lipinski definition) is 2. The Morgan fingerprint density at radius 3 is 2.30 bits per heavy atom. The SMILES string of the molecule is CC(C)(S)CNC(=O)C=Cc1ccc(S(C)(=O)=O)cc1. The maximum atomic E-state index is 11.6. The summed E-state index contributed by atoms with van der Waals surface area (Å²) in [4.78, 5) is 11.8. The average molecular weight is 313 g/mol. The van der Waals surface area contributed by atoms with Gasteiger partial charge in [0, 0.05) is 23.6 Å². The van der Waals surface area contributed by atoms with Crippen molar-refractivity contribution in [2.24, 2.45) is 0 Å². The third-order valence-electron chi connectivity index (χ3n) is 2.43. The summed E-state index contributed by atoms with van der Waals surface area (Å²) in [6.07, 6.45) is 4.20. The number of thiol groups is 1. The lowest BCUT2D eigenvalue weighted by atomic mass is 10.2. The minimum atomic E-state index is -3.19. The molecule has 4 nitrogen and oxygen atoms in total. The van der Waals surface area contributed by atoms with E-state index < -0.39 is 9.84 Å². The number of sulfone groups is 1. The molecule has 0 atom stereocenters. The van der Waals surface area contributed by atoms with Crippen molar-refractivity contribution >= 4 is 34.4 Å². The molecule has 1 aromatic rings. The first-order valence-corrected chi connectivity index (χ1v) is 8.40. The Hall–Kier alpha value is -1.27. The zero-order valence-corrected chi connectivity index (χ0v) is 13.5. The summed E-state index contributed by atoms with van der Waals surface area (Å²) in [6, 6.07) is 6.35. The molecule has 0 aromatic heterocycles. The van der Waals surface area contributed by atoms with Crippen LogP contribution in [0.4, 0.5) is 0 Å². The molecule has 1 rings (SSSR count). The molecule has 0 fully saturated rings. The molecule has 0 spiro atoms. The smallest absolute Gasteiger partial charge is 0.244 e. The third kappa shape index (κ3) is 6.25. The van der Waals surface area contributed by atoms with Crippen molar-refractivity contribution in [2.75, 3.05) is 12.8 Å². The highest BCUT2D eigenvalue weighted by atomic mass is 32.2. The van der Waals surface area contributed by atoms with Gasteiger partial charge >= 0.3 is 0 Å². The first kappa shape index (κ1) is 16.8. The van der Waals surface area contributed by atoms with Gasteiger partial charge in [0.05, 0.1) is 4.90 Å².